The predicted octanol–water partition coefficient (Wildman–Crippen LogP) is 4.92. The summed E-state index contributed by atoms with van der Waals surface area (Å²) >= 11 is 1.50. The lowest BCUT2D eigenvalue weighted by Crippen LogP contribution is -2.20. The van der Waals surface area contributed by atoms with E-state index in [1.807, 2.05) is 30.5 Å². The van der Waals surface area contributed by atoms with Crippen LogP contribution in [-0.2, 0) is 0 Å². The van der Waals surface area contributed by atoms with Gasteiger partial charge in [-0.15, -0.1) is 10.2 Å². The second kappa shape index (κ2) is 9.95. The fourth-order valence-corrected chi connectivity index (χ4v) is 3.78. The molecule has 3 aromatic rings. The third-order valence-electron chi connectivity index (χ3n) is 4.84. The molecule has 0 N–H and O–H groups in total. The van der Waals surface area contributed by atoms with Gasteiger partial charge in [-0.2, -0.15) is 0 Å². The van der Waals surface area contributed by atoms with Crippen LogP contribution in [0.4, 0.5) is 8.78 Å². The van der Waals surface area contributed by atoms with E-state index < -0.39 is 0 Å². The van der Waals surface area contributed by atoms with Crippen molar-refractivity contribution in [3.05, 3.63) is 71.6 Å². The van der Waals surface area contributed by atoms with Crippen LogP contribution < -0.4 is 0 Å². The van der Waals surface area contributed by atoms with E-state index in [1.54, 1.807) is 12.1 Å². The second-order valence-corrected chi connectivity index (χ2v) is 8.24. The first-order chi connectivity index (χ1) is 14.4. The molecule has 0 radical (unpaired) electrons. The van der Waals surface area contributed by atoms with Crippen LogP contribution in [0.1, 0.15) is 42.0 Å². The van der Waals surface area contributed by atoms with Gasteiger partial charge >= 0.3 is 0 Å². The van der Waals surface area contributed by atoms with Gasteiger partial charge in [0, 0.05) is 23.4 Å². The van der Waals surface area contributed by atoms with Crippen LogP contribution in [0, 0.1) is 11.6 Å². The Kier molecular flexibility index (Phi) is 7.33. The first-order valence-corrected chi connectivity index (χ1v) is 10.6. The van der Waals surface area contributed by atoms with Crippen LogP contribution in [0.25, 0.3) is 5.69 Å². The van der Waals surface area contributed by atoms with Crippen molar-refractivity contribution in [2.45, 2.75) is 31.0 Å². The maximum absolute atomic E-state index is 13.4. The van der Waals surface area contributed by atoms with Gasteiger partial charge in [0.2, 0.25) is 0 Å². The van der Waals surface area contributed by atoms with Crippen LogP contribution >= 0.6 is 11.8 Å². The summed E-state index contributed by atoms with van der Waals surface area (Å²) in [5.41, 5.74) is 1.30. The number of hydrogen-bond donors (Lipinski definition) is 0. The maximum Gasteiger partial charge on any atom is 0.195 e. The van der Waals surface area contributed by atoms with Crippen molar-refractivity contribution in [2.24, 2.45) is 0 Å². The zero-order valence-corrected chi connectivity index (χ0v) is 18.0. The number of ketones is 1. The summed E-state index contributed by atoms with van der Waals surface area (Å²) in [6.45, 7) is 2.03. The zero-order chi connectivity index (χ0) is 21.7. The van der Waals surface area contributed by atoms with Gasteiger partial charge in [-0.25, -0.2) is 8.78 Å². The average molecular weight is 431 g/mol. The minimum Gasteiger partial charge on any atom is -0.300 e. The van der Waals surface area contributed by atoms with E-state index >= 15 is 0 Å². The molecule has 0 fully saturated rings. The molecule has 1 aromatic heterocycles. The molecule has 30 heavy (non-hydrogen) atoms. The molecular formula is C22H24F2N4OS. The van der Waals surface area contributed by atoms with E-state index in [-0.39, 0.29) is 23.5 Å². The van der Waals surface area contributed by atoms with Crippen molar-refractivity contribution in [3.63, 3.8) is 0 Å². The summed E-state index contributed by atoms with van der Waals surface area (Å²) in [7, 11) is 3.92. The molecule has 0 aliphatic heterocycles. The number of thioether (sulfide) groups is 1. The molecule has 5 nitrogen and oxygen atoms in total. The quantitative estimate of drug-likeness (QED) is 0.274. The normalized spacial score (nSPS) is 12.3. The van der Waals surface area contributed by atoms with Gasteiger partial charge in [-0.05, 0) is 76.0 Å². The Morgan fingerprint density at radius 1 is 1.03 bits per heavy atom. The summed E-state index contributed by atoms with van der Waals surface area (Å²) < 4.78 is 28.3. The molecular weight excluding hydrogens is 406 g/mol. The Morgan fingerprint density at radius 2 is 1.63 bits per heavy atom. The van der Waals surface area contributed by atoms with Crippen molar-refractivity contribution >= 4 is 17.5 Å². The third kappa shape index (κ3) is 5.31. The minimum atomic E-state index is -0.356. The van der Waals surface area contributed by atoms with Gasteiger partial charge in [-0.3, -0.25) is 14.3 Å². The fourth-order valence-electron chi connectivity index (χ4n) is 2.89. The van der Waals surface area contributed by atoms with Crippen molar-refractivity contribution < 1.29 is 13.6 Å². The minimum absolute atomic E-state index is 0.0111. The SMILES string of the molecule is C[C@@H](c1nnc(SCCCC(=O)c2ccc(F)cc2)n1-c1ccc(F)cc1)N(C)C. The summed E-state index contributed by atoms with van der Waals surface area (Å²) in [5, 5.41) is 9.39. The van der Waals surface area contributed by atoms with E-state index in [1.165, 1.54) is 48.2 Å². The Labute approximate surface area is 179 Å². The number of nitrogens with zero attached hydrogens (tertiary/aromatic N) is 4. The molecule has 0 bridgehead atoms. The molecule has 0 aliphatic carbocycles. The monoisotopic (exact) mass is 430 g/mol. The largest absolute Gasteiger partial charge is 0.300 e. The number of aromatic nitrogens is 3. The highest BCUT2D eigenvalue weighted by Gasteiger charge is 2.21. The number of benzene rings is 2. The number of rotatable bonds is 9. The number of Topliss-reactive ketones (excluding diaryl/α,β-unsaturated/α-hetero) is 1. The van der Waals surface area contributed by atoms with E-state index in [4.69, 9.17) is 0 Å². The molecule has 0 amide bonds. The lowest BCUT2D eigenvalue weighted by Gasteiger charge is -2.20. The molecule has 3 rings (SSSR count). The number of halogens is 2. The van der Waals surface area contributed by atoms with E-state index in [0.717, 1.165) is 11.5 Å². The van der Waals surface area contributed by atoms with Crippen molar-refractivity contribution in [3.8, 4) is 5.69 Å². The van der Waals surface area contributed by atoms with Crippen molar-refractivity contribution in [1.82, 2.24) is 19.7 Å². The van der Waals surface area contributed by atoms with Gasteiger partial charge in [0.15, 0.2) is 16.8 Å². The standard InChI is InChI=1S/C22H24F2N4OS/c1-15(27(2)3)21-25-26-22(28(21)19-12-10-18(24)11-13-19)30-14-4-5-20(29)16-6-8-17(23)9-7-16/h6-13,15H,4-5,14H2,1-3H3/t15-/m0/s1. The third-order valence-corrected chi connectivity index (χ3v) is 5.85. The topological polar surface area (TPSA) is 51.0 Å². The lowest BCUT2D eigenvalue weighted by atomic mass is 10.1. The Morgan fingerprint density at radius 3 is 2.23 bits per heavy atom. The Balaban J connectivity index is 1.70. The maximum atomic E-state index is 13.4. The van der Waals surface area contributed by atoms with Gasteiger partial charge in [0.1, 0.15) is 11.6 Å². The molecule has 0 unspecified atom stereocenters. The first-order valence-electron chi connectivity index (χ1n) is 9.66. The van der Waals surface area contributed by atoms with E-state index in [2.05, 4.69) is 10.2 Å². The highest BCUT2D eigenvalue weighted by atomic mass is 32.2. The van der Waals surface area contributed by atoms with Gasteiger partial charge in [0.05, 0.1) is 6.04 Å². The highest BCUT2D eigenvalue weighted by Crippen LogP contribution is 2.27. The number of carbonyl (C=O) groups is 1. The first kappa shape index (κ1) is 22.1. The molecule has 8 heteroatoms. The Bertz CT molecular complexity index is 987. The van der Waals surface area contributed by atoms with Crippen LogP contribution in [0.2, 0.25) is 0 Å². The van der Waals surface area contributed by atoms with E-state index in [0.29, 0.717) is 29.3 Å². The zero-order valence-electron chi connectivity index (χ0n) is 17.2. The molecule has 158 valence electrons. The van der Waals surface area contributed by atoms with Gasteiger partial charge < -0.3 is 0 Å². The van der Waals surface area contributed by atoms with Crippen molar-refractivity contribution in [2.75, 3.05) is 19.8 Å². The molecule has 0 saturated heterocycles. The van der Waals surface area contributed by atoms with Gasteiger partial charge in [-0.1, -0.05) is 11.8 Å². The van der Waals surface area contributed by atoms with Crippen molar-refractivity contribution in [1.29, 1.82) is 0 Å². The summed E-state index contributed by atoms with van der Waals surface area (Å²) in [6.07, 6.45) is 1.01. The van der Waals surface area contributed by atoms with E-state index in [9.17, 15) is 13.6 Å². The smallest absolute Gasteiger partial charge is 0.195 e. The molecule has 0 saturated carbocycles. The van der Waals surface area contributed by atoms with Crippen LogP contribution in [0.5, 0.6) is 0 Å². The van der Waals surface area contributed by atoms with Gasteiger partial charge in [0.25, 0.3) is 0 Å². The number of carbonyl (C=O) groups excluding carboxylic acids is 1. The molecule has 1 atom stereocenters. The molecule has 1 heterocycles. The molecule has 2 aromatic carbocycles. The Hall–Kier alpha value is -2.58. The predicted molar refractivity (Wildman–Crippen MR) is 114 cm³/mol. The lowest BCUT2D eigenvalue weighted by molar-refractivity contribution is 0.0982. The number of hydrogen-bond acceptors (Lipinski definition) is 5. The van der Waals surface area contributed by atoms with Crippen LogP contribution in [0.3, 0.4) is 0 Å². The summed E-state index contributed by atoms with van der Waals surface area (Å²) in [4.78, 5) is 14.3. The fraction of sp³-hybridized carbons (Fsp3) is 0.318. The average Bonchev–Trinajstić information content (AvgIpc) is 3.15. The highest BCUT2D eigenvalue weighted by molar-refractivity contribution is 7.99. The van der Waals surface area contributed by atoms with Crippen LogP contribution in [0.15, 0.2) is 53.7 Å². The molecule has 0 aliphatic rings. The molecule has 0 spiro atoms. The second-order valence-electron chi connectivity index (χ2n) is 7.17. The summed E-state index contributed by atoms with van der Waals surface area (Å²) in [6, 6.07) is 11.8. The summed E-state index contributed by atoms with van der Waals surface area (Å²) in [5.74, 6) is 0.754. The van der Waals surface area contributed by atoms with Crippen LogP contribution in [-0.4, -0.2) is 45.3 Å².